The molecule has 4 nitrogen and oxygen atoms in total. The van der Waals surface area contributed by atoms with Gasteiger partial charge in [0.2, 0.25) is 0 Å². The summed E-state index contributed by atoms with van der Waals surface area (Å²) < 4.78 is 5.59. The topological polar surface area (TPSA) is 60.2 Å². The van der Waals surface area contributed by atoms with Gasteiger partial charge in [-0.25, -0.2) is 4.98 Å². The highest BCUT2D eigenvalue weighted by Crippen LogP contribution is 2.25. The molecule has 0 aliphatic rings. The van der Waals surface area contributed by atoms with Gasteiger partial charge in [-0.3, -0.25) is 0 Å². The predicted octanol–water partition coefficient (Wildman–Crippen LogP) is 3.13. The third kappa shape index (κ3) is 3.37. The van der Waals surface area contributed by atoms with Gasteiger partial charge < -0.3 is 15.8 Å². The van der Waals surface area contributed by atoms with E-state index in [0.29, 0.717) is 18.8 Å². The minimum absolute atomic E-state index is 0.669. The number of hydrogen-bond acceptors (Lipinski definition) is 5. The molecule has 1 aromatic heterocycles. The number of thiazole rings is 1. The number of nitrogen functional groups attached to an aromatic ring is 1. The van der Waals surface area contributed by atoms with Crippen LogP contribution in [0, 0.1) is 0 Å². The van der Waals surface area contributed by atoms with Gasteiger partial charge in [-0.05, 0) is 18.6 Å². The second kappa shape index (κ2) is 6.26. The Bertz CT molecular complexity index is 485. The molecular formula is C13H17N3OS. The molecule has 0 aliphatic carbocycles. The normalized spacial score (nSPS) is 10.3. The molecule has 0 spiro atoms. The lowest BCUT2D eigenvalue weighted by atomic mass is 10.2. The maximum atomic E-state index is 5.86. The van der Waals surface area contributed by atoms with Crippen LogP contribution in [0.1, 0.15) is 19.0 Å². The molecule has 3 N–H and O–H groups in total. The smallest absolute Gasteiger partial charge is 0.144 e. The molecule has 0 bridgehead atoms. The first-order valence-electron chi connectivity index (χ1n) is 5.93. The highest BCUT2D eigenvalue weighted by Gasteiger charge is 2.02. The van der Waals surface area contributed by atoms with Gasteiger partial charge in [0.05, 0.1) is 30.0 Å². The van der Waals surface area contributed by atoms with Crippen molar-refractivity contribution in [3.63, 3.8) is 0 Å². The summed E-state index contributed by atoms with van der Waals surface area (Å²) in [6.45, 7) is 3.46. The molecule has 0 fully saturated rings. The first-order valence-corrected chi connectivity index (χ1v) is 6.87. The minimum Gasteiger partial charge on any atom is -0.491 e. The van der Waals surface area contributed by atoms with E-state index in [1.807, 2.05) is 29.1 Å². The molecular weight excluding hydrogens is 246 g/mol. The minimum atomic E-state index is 0.669. The van der Waals surface area contributed by atoms with Gasteiger partial charge in [0.15, 0.2) is 0 Å². The molecule has 0 radical (unpaired) electrons. The van der Waals surface area contributed by atoms with Crippen LogP contribution in [-0.2, 0) is 6.54 Å². The highest BCUT2D eigenvalue weighted by molar-refractivity contribution is 7.07. The van der Waals surface area contributed by atoms with Crippen LogP contribution in [0.15, 0.2) is 29.1 Å². The lowest BCUT2D eigenvalue weighted by molar-refractivity contribution is 0.319. The number of aromatic nitrogens is 1. The summed E-state index contributed by atoms with van der Waals surface area (Å²) >= 11 is 1.60. The summed E-state index contributed by atoms with van der Waals surface area (Å²) in [7, 11) is 0. The molecule has 1 heterocycles. The van der Waals surface area contributed by atoms with Gasteiger partial charge in [0, 0.05) is 17.1 Å². The number of benzene rings is 1. The van der Waals surface area contributed by atoms with E-state index in [2.05, 4.69) is 17.2 Å². The zero-order valence-corrected chi connectivity index (χ0v) is 11.2. The summed E-state index contributed by atoms with van der Waals surface area (Å²) in [6, 6.07) is 5.73. The number of nitrogens with one attached hydrogen (secondary N) is 1. The average molecular weight is 263 g/mol. The van der Waals surface area contributed by atoms with Crippen LogP contribution in [0.4, 0.5) is 11.4 Å². The lowest BCUT2D eigenvalue weighted by Crippen LogP contribution is -2.02. The molecule has 0 aliphatic heterocycles. The Balaban J connectivity index is 2.00. The largest absolute Gasteiger partial charge is 0.491 e. The van der Waals surface area contributed by atoms with Crippen LogP contribution in [0.5, 0.6) is 5.75 Å². The van der Waals surface area contributed by atoms with Gasteiger partial charge in [-0.15, -0.1) is 11.3 Å². The number of ether oxygens (including phenoxy) is 1. The standard InChI is InChI=1S/C13H17N3OS/c1-2-5-17-13-6-10(3-4-12(13)14)15-7-11-8-18-9-16-11/h3-4,6,8-9,15H,2,5,7,14H2,1H3. The van der Waals surface area contributed by atoms with Crippen molar-refractivity contribution in [1.82, 2.24) is 4.98 Å². The number of rotatable bonds is 6. The number of anilines is 2. The fourth-order valence-electron chi connectivity index (χ4n) is 1.50. The summed E-state index contributed by atoms with van der Waals surface area (Å²) in [6.07, 6.45) is 0.968. The van der Waals surface area contributed by atoms with Crippen molar-refractivity contribution in [2.45, 2.75) is 19.9 Å². The van der Waals surface area contributed by atoms with Crippen LogP contribution in [0.3, 0.4) is 0 Å². The quantitative estimate of drug-likeness (QED) is 0.786. The summed E-state index contributed by atoms with van der Waals surface area (Å²) in [5, 5.41) is 5.33. The molecule has 0 amide bonds. The molecule has 18 heavy (non-hydrogen) atoms. The van der Waals surface area contributed by atoms with Crippen LogP contribution in [0.25, 0.3) is 0 Å². The van der Waals surface area contributed by atoms with Crippen LogP contribution in [0.2, 0.25) is 0 Å². The third-order valence-electron chi connectivity index (χ3n) is 2.43. The molecule has 0 saturated heterocycles. The van der Waals surface area contributed by atoms with E-state index in [9.17, 15) is 0 Å². The van der Waals surface area contributed by atoms with Crippen LogP contribution < -0.4 is 15.8 Å². The van der Waals surface area contributed by atoms with E-state index in [1.165, 1.54) is 0 Å². The maximum absolute atomic E-state index is 5.86. The van der Waals surface area contributed by atoms with E-state index in [1.54, 1.807) is 11.3 Å². The first kappa shape index (κ1) is 12.7. The first-order chi connectivity index (χ1) is 8.79. The Morgan fingerprint density at radius 2 is 2.33 bits per heavy atom. The van der Waals surface area contributed by atoms with E-state index in [0.717, 1.165) is 23.6 Å². The summed E-state index contributed by atoms with van der Waals surface area (Å²) in [5.41, 5.74) is 10.4. The molecule has 0 saturated carbocycles. The van der Waals surface area contributed by atoms with Crippen molar-refractivity contribution in [2.24, 2.45) is 0 Å². The van der Waals surface area contributed by atoms with Crippen molar-refractivity contribution < 1.29 is 4.74 Å². The van der Waals surface area contributed by atoms with Gasteiger partial charge in [-0.1, -0.05) is 6.92 Å². The number of nitrogens with zero attached hydrogens (tertiary/aromatic N) is 1. The van der Waals surface area contributed by atoms with E-state index >= 15 is 0 Å². The number of nitrogens with two attached hydrogens (primary N) is 1. The Kier molecular flexibility index (Phi) is 4.41. The van der Waals surface area contributed by atoms with E-state index in [4.69, 9.17) is 10.5 Å². The SMILES string of the molecule is CCCOc1cc(NCc2cscn2)ccc1N. The Hall–Kier alpha value is -1.75. The Morgan fingerprint density at radius 1 is 1.44 bits per heavy atom. The monoisotopic (exact) mass is 263 g/mol. The van der Waals surface area contributed by atoms with Crippen molar-refractivity contribution in [1.29, 1.82) is 0 Å². The van der Waals surface area contributed by atoms with Gasteiger partial charge in [-0.2, -0.15) is 0 Å². The van der Waals surface area contributed by atoms with E-state index < -0.39 is 0 Å². The zero-order valence-electron chi connectivity index (χ0n) is 10.3. The summed E-state index contributed by atoms with van der Waals surface area (Å²) in [4.78, 5) is 4.22. The molecule has 5 heteroatoms. The molecule has 96 valence electrons. The zero-order chi connectivity index (χ0) is 12.8. The maximum Gasteiger partial charge on any atom is 0.144 e. The van der Waals surface area contributed by atoms with Gasteiger partial charge >= 0.3 is 0 Å². The van der Waals surface area contributed by atoms with Crippen LogP contribution >= 0.6 is 11.3 Å². The fraction of sp³-hybridized carbons (Fsp3) is 0.308. The summed E-state index contributed by atoms with van der Waals surface area (Å²) in [5.74, 6) is 0.736. The second-order valence-electron chi connectivity index (χ2n) is 3.93. The molecule has 0 unspecified atom stereocenters. The molecule has 2 rings (SSSR count). The highest BCUT2D eigenvalue weighted by atomic mass is 32.1. The Morgan fingerprint density at radius 3 is 3.06 bits per heavy atom. The van der Waals surface area contributed by atoms with Crippen molar-refractivity contribution in [2.75, 3.05) is 17.7 Å². The molecule has 0 atom stereocenters. The van der Waals surface area contributed by atoms with Gasteiger partial charge in [0.25, 0.3) is 0 Å². The van der Waals surface area contributed by atoms with E-state index in [-0.39, 0.29) is 0 Å². The van der Waals surface area contributed by atoms with Gasteiger partial charge in [0.1, 0.15) is 5.75 Å². The second-order valence-corrected chi connectivity index (χ2v) is 4.65. The number of hydrogen-bond donors (Lipinski definition) is 2. The predicted molar refractivity (Wildman–Crippen MR) is 76.1 cm³/mol. The third-order valence-corrected chi connectivity index (χ3v) is 3.07. The van der Waals surface area contributed by atoms with Crippen LogP contribution in [-0.4, -0.2) is 11.6 Å². The fourth-order valence-corrected chi connectivity index (χ4v) is 2.06. The molecule has 2 aromatic rings. The van der Waals surface area contributed by atoms with Crippen molar-refractivity contribution >= 4 is 22.7 Å². The Labute approximate surface area is 111 Å². The van der Waals surface area contributed by atoms with Crippen molar-refractivity contribution in [3.8, 4) is 5.75 Å². The lowest BCUT2D eigenvalue weighted by Gasteiger charge is -2.11. The molecule has 1 aromatic carbocycles. The van der Waals surface area contributed by atoms with Crippen molar-refractivity contribution in [3.05, 3.63) is 34.8 Å². The average Bonchev–Trinajstić information content (AvgIpc) is 2.89.